The molecule has 0 aliphatic carbocycles. The van der Waals surface area contributed by atoms with E-state index in [-0.39, 0.29) is 11.3 Å². The molecule has 19 heavy (non-hydrogen) atoms. The van der Waals surface area contributed by atoms with Crippen LogP contribution in [0, 0.1) is 12.7 Å². The van der Waals surface area contributed by atoms with E-state index in [1.54, 1.807) is 17.8 Å². The van der Waals surface area contributed by atoms with Gasteiger partial charge in [-0.05, 0) is 26.0 Å². The van der Waals surface area contributed by atoms with Crippen LogP contribution in [0.4, 0.5) is 15.8 Å². The summed E-state index contributed by atoms with van der Waals surface area (Å²) in [7, 11) is 0. The van der Waals surface area contributed by atoms with Crippen molar-refractivity contribution >= 4 is 17.3 Å². The molecule has 0 aliphatic heterocycles. The third-order valence-electron chi connectivity index (χ3n) is 2.86. The lowest BCUT2D eigenvalue weighted by Gasteiger charge is -2.06. The van der Waals surface area contributed by atoms with Gasteiger partial charge in [0.15, 0.2) is 0 Å². The molecule has 1 heterocycles. The summed E-state index contributed by atoms with van der Waals surface area (Å²) in [5.41, 5.74) is 6.99. The van der Waals surface area contributed by atoms with E-state index < -0.39 is 11.7 Å². The summed E-state index contributed by atoms with van der Waals surface area (Å²) in [5, 5.41) is 6.68. The second-order valence-electron chi connectivity index (χ2n) is 4.21. The molecular weight excluding hydrogens is 247 g/mol. The number of hydrogen-bond acceptors (Lipinski definition) is 3. The molecule has 3 N–H and O–H groups in total. The van der Waals surface area contributed by atoms with Crippen LogP contribution in [-0.2, 0) is 6.54 Å². The maximum Gasteiger partial charge on any atom is 0.255 e. The minimum absolute atomic E-state index is 0.185. The molecule has 0 radical (unpaired) electrons. The van der Waals surface area contributed by atoms with Crippen molar-refractivity contribution in [2.24, 2.45) is 0 Å². The highest BCUT2D eigenvalue weighted by Crippen LogP contribution is 2.18. The first-order valence-corrected chi connectivity index (χ1v) is 5.90. The number of nitrogens with zero attached hydrogens (tertiary/aromatic N) is 2. The minimum atomic E-state index is -0.491. The Kier molecular flexibility index (Phi) is 3.50. The van der Waals surface area contributed by atoms with Gasteiger partial charge in [-0.1, -0.05) is 0 Å². The fraction of sp³-hybridized carbons (Fsp3) is 0.231. The van der Waals surface area contributed by atoms with Crippen molar-refractivity contribution in [2.45, 2.75) is 20.4 Å². The van der Waals surface area contributed by atoms with Gasteiger partial charge in [0.05, 0.1) is 11.9 Å². The van der Waals surface area contributed by atoms with E-state index in [2.05, 4.69) is 10.4 Å². The van der Waals surface area contributed by atoms with Gasteiger partial charge < -0.3 is 11.1 Å². The van der Waals surface area contributed by atoms with Gasteiger partial charge in [-0.2, -0.15) is 5.10 Å². The van der Waals surface area contributed by atoms with E-state index in [1.165, 1.54) is 18.3 Å². The second kappa shape index (κ2) is 5.09. The lowest BCUT2D eigenvalue weighted by atomic mass is 10.1. The van der Waals surface area contributed by atoms with Crippen LogP contribution in [0.3, 0.4) is 0 Å². The Bertz CT molecular complexity index is 598. The zero-order valence-corrected chi connectivity index (χ0v) is 10.8. The van der Waals surface area contributed by atoms with Crippen LogP contribution in [0.1, 0.15) is 22.8 Å². The highest BCUT2D eigenvalue weighted by Gasteiger charge is 2.12. The molecule has 2 rings (SSSR count). The number of halogens is 1. The minimum Gasteiger partial charge on any atom is -0.398 e. The van der Waals surface area contributed by atoms with E-state index in [9.17, 15) is 9.18 Å². The predicted molar refractivity (Wildman–Crippen MR) is 71.4 cm³/mol. The Hall–Kier alpha value is -2.37. The van der Waals surface area contributed by atoms with Gasteiger partial charge in [-0.3, -0.25) is 9.48 Å². The Morgan fingerprint density at radius 3 is 2.84 bits per heavy atom. The van der Waals surface area contributed by atoms with Crippen molar-refractivity contribution in [2.75, 3.05) is 11.1 Å². The SMILES string of the molecule is CCn1cc(NC(=O)c2cc(N)c(C)c(F)c2)cn1. The fourth-order valence-corrected chi connectivity index (χ4v) is 1.64. The van der Waals surface area contributed by atoms with Crippen molar-refractivity contribution in [1.29, 1.82) is 0 Å². The molecule has 5 nitrogen and oxygen atoms in total. The van der Waals surface area contributed by atoms with E-state index in [0.29, 0.717) is 17.8 Å². The average Bonchev–Trinajstić information content (AvgIpc) is 2.83. The maximum atomic E-state index is 13.5. The van der Waals surface area contributed by atoms with Gasteiger partial charge in [-0.15, -0.1) is 0 Å². The number of rotatable bonds is 3. The molecule has 1 aromatic heterocycles. The molecule has 6 heteroatoms. The monoisotopic (exact) mass is 262 g/mol. The van der Waals surface area contributed by atoms with Crippen LogP contribution in [-0.4, -0.2) is 15.7 Å². The van der Waals surface area contributed by atoms with Crippen LogP contribution >= 0.6 is 0 Å². The van der Waals surface area contributed by atoms with Crippen molar-refractivity contribution in [3.05, 3.63) is 41.5 Å². The van der Waals surface area contributed by atoms with Gasteiger partial charge in [0.25, 0.3) is 5.91 Å². The topological polar surface area (TPSA) is 72.9 Å². The van der Waals surface area contributed by atoms with E-state index in [0.717, 1.165) is 0 Å². The number of carbonyl (C=O) groups excluding carboxylic acids is 1. The third kappa shape index (κ3) is 2.73. The zero-order valence-electron chi connectivity index (χ0n) is 10.8. The van der Waals surface area contributed by atoms with Gasteiger partial charge in [0, 0.05) is 29.6 Å². The number of nitrogen functional groups attached to an aromatic ring is 1. The van der Waals surface area contributed by atoms with Crippen LogP contribution in [0.25, 0.3) is 0 Å². The summed E-state index contributed by atoms with van der Waals surface area (Å²) in [6.07, 6.45) is 3.24. The maximum absolute atomic E-state index is 13.5. The third-order valence-corrected chi connectivity index (χ3v) is 2.86. The molecule has 1 aromatic carbocycles. The summed E-state index contributed by atoms with van der Waals surface area (Å²) in [6, 6.07) is 2.63. The normalized spacial score (nSPS) is 10.5. The molecule has 0 atom stereocenters. The van der Waals surface area contributed by atoms with Crippen molar-refractivity contribution in [1.82, 2.24) is 9.78 Å². The summed E-state index contributed by atoms with van der Waals surface area (Å²) < 4.78 is 15.2. The van der Waals surface area contributed by atoms with Crippen LogP contribution in [0.5, 0.6) is 0 Å². The first-order chi connectivity index (χ1) is 9.01. The Balaban J connectivity index is 2.20. The molecule has 0 aliphatic rings. The Morgan fingerprint density at radius 1 is 1.53 bits per heavy atom. The van der Waals surface area contributed by atoms with E-state index in [4.69, 9.17) is 5.73 Å². The second-order valence-corrected chi connectivity index (χ2v) is 4.21. The van der Waals surface area contributed by atoms with Crippen molar-refractivity contribution < 1.29 is 9.18 Å². The average molecular weight is 262 g/mol. The summed E-state index contributed by atoms with van der Waals surface area (Å²) in [6.45, 7) is 4.22. The lowest BCUT2D eigenvalue weighted by Crippen LogP contribution is -2.12. The smallest absolute Gasteiger partial charge is 0.255 e. The van der Waals surface area contributed by atoms with Crippen LogP contribution in [0.2, 0.25) is 0 Å². The van der Waals surface area contributed by atoms with Crippen molar-refractivity contribution in [3.8, 4) is 0 Å². The summed E-state index contributed by atoms with van der Waals surface area (Å²) >= 11 is 0. The first kappa shape index (κ1) is 13.1. The van der Waals surface area contributed by atoms with Crippen LogP contribution < -0.4 is 11.1 Å². The van der Waals surface area contributed by atoms with Gasteiger partial charge in [0.1, 0.15) is 5.82 Å². The summed E-state index contributed by atoms with van der Waals surface area (Å²) in [4.78, 5) is 12.0. The van der Waals surface area contributed by atoms with Gasteiger partial charge >= 0.3 is 0 Å². The zero-order chi connectivity index (χ0) is 14.0. The molecule has 1 amide bonds. The lowest BCUT2D eigenvalue weighted by molar-refractivity contribution is 0.102. The highest BCUT2D eigenvalue weighted by molar-refractivity contribution is 6.04. The number of aryl methyl sites for hydroxylation is 1. The standard InChI is InChI=1S/C13H15FN4O/c1-3-18-7-10(6-16-18)17-13(19)9-4-11(14)8(2)12(15)5-9/h4-7H,3,15H2,1-2H3,(H,17,19). The number of nitrogens with two attached hydrogens (primary N) is 1. The Morgan fingerprint density at radius 2 is 2.26 bits per heavy atom. The number of aromatic nitrogens is 2. The Labute approximate surface area is 110 Å². The molecule has 0 fully saturated rings. The fourth-order valence-electron chi connectivity index (χ4n) is 1.64. The molecule has 0 saturated heterocycles. The predicted octanol–water partition coefficient (Wildman–Crippen LogP) is 2.19. The first-order valence-electron chi connectivity index (χ1n) is 5.90. The number of nitrogens with one attached hydrogen (secondary N) is 1. The van der Waals surface area contributed by atoms with Crippen molar-refractivity contribution in [3.63, 3.8) is 0 Å². The molecular formula is C13H15FN4O. The number of hydrogen-bond donors (Lipinski definition) is 2. The van der Waals surface area contributed by atoms with E-state index >= 15 is 0 Å². The van der Waals surface area contributed by atoms with Crippen LogP contribution in [0.15, 0.2) is 24.5 Å². The van der Waals surface area contributed by atoms with Gasteiger partial charge in [-0.25, -0.2) is 4.39 Å². The number of carbonyl (C=O) groups is 1. The number of benzene rings is 1. The highest BCUT2D eigenvalue weighted by atomic mass is 19.1. The molecule has 100 valence electrons. The molecule has 2 aromatic rings. The van der Waals surface area contributed by atoms with Gasteiger partial charge in [0.2, 0.25) is 0 Å². The molecule has 0 spiro atoms. The quantitative estimate of drug-likeness (QED) is 0.833. The molecule has 0 bridgehead atoms. The number of anilines is 2. The largest absolute Gasteiger partial charge is 0.398 e. The molecule has 0 saturated carbocycles. The number of amides is 1. The summed E-state index contributed by atoms with van der Waals surface area (Å²) in [5.74, 6) is -0.907. The van der Waals surface area contributed by atoms with E-state index in [1.807, 2.05) is 6.92 Å². The molecule has 0 unspecified atom stereocenters.